The second kappa shape index (κ2) is 12.6. The maximum absolute atomic E-state index is 14.8. The first-order valence-corrected chi connectivity index (χ1v) is 14.3. The van der Waals surface area contributed by atoms with Gasteiger partial charge >= 0.3 is 5.97 Å². The van der Waals surface area contributed by atoms with Gasteiger partial charge in [-0.25, -0.2) is 13.8 Å². The number of carboxylic acids is 1. The molecule has 0 spiro atoms. The summed E-state index contributed by atoms with van der Waals surface area (Å²) >= 11 is 9.58. The van der Waals surface area contributed by atoms with Crippen LogP contribution in [0.25, 0.3) is 10.9 Å². The van der Waals surface area contributed by atoms with E-state index in [1.165, 1.54) is 0 Å². The molecule has 1 saturated heterocycles. The van der Waals surface area contributed by atoms with Gasteiger partial charge in [0.2, 0.25) is 0 Å². The molecule has 1 aliphatic rings. The number of pyridine rings is 1. The van der Waals surface area contributed by atoms with Gasteiger partial charge in [0.05, 0.1) is 16.1 Å². The molecule has 0 saturated carbocycles. The standard InChI is InChI=1S/C29H31BrClF2N3O3/c1-3-17-5-4-12-36(15-17)28-16(2)25(20-13-19(30)7-10-23(20)35-28)29(39)34-14-18(6-11-24(37)38)26-21(32)8-9-22(33)27(26)31/h7-10,13,17-18H,3-6,11-12,14-15H2,1-2H3,(H,34,39)(H,37,38). The van der Waals surface area contributed by atoms with E-state index >= 15 is 0 Å². The maximum atomic E-state index is 14.8. The Morgan fingerprint density at radius 2 is 2.00 bits per heavy atom. The Kier molecular flexibility index (Phi) is 9.43. The Morgan fingerprint density at radius 1 is 1.26 bits per heavy atom. The number of aliphatic carboxylic acids is 1. The molecule has 1 aromatic heterocycles. The molecule has 2 atom stereocenters. The van der Waals surface area contributed by atoms with E-state index in [4.69, 9.17) is 16.6 Å². The molecular weight excluding hydrogens is 592 g/mol. The number of rotatable bonds is 9. The van der Waals surface area contributed by atoms with Gasteiger partial charge in [-0.1, -0.05) is 40.9 Å². The van der Waals surface area contributed by atoms with Crippen LogP contribution in [0.2, 0.25) is 5.02 Å². The monoisotopic (exact) mass is 621 g/mol. The van der Waals surface area contributed by atoms with Gasteiger partial charge in [0.1, 0.15) is 17.5 Å². The summed E-state index contributed by atoms with van der Waals surface area (Å²) in [6, 6.07) is 7.45. The van der Waals surface area contributed by atoms with Crippen molar-refractivity contribution in [3.8, 4) is 0 Å². The zero-order chi connectivity index (χ0) is 28.3. The number of amides is 1. The van der Waals surface area contributed by atoms with Crippen LogP contribution in [0.5, 0.6) is 0 Å². The fraction of sp³-hybridized carbons (Fsp3) is 0.414. The number of carbonyl (C=O) groups is 2. The van der Waals surface area contributed by atoms with Gasteiger partial charge in [-0.3, -0.25) is 9.59 Å². The second-order valence-electron chi connectivity index (χ2n) is 10.1. The summed E-state index contributed by atoms with van der Waals surface area (Å²) in [5.41, 5.74) is 1.70. The van der Waals surface area contributed by atoms with Crippen LogP contribution in [0.3, 0.4) is 0 Å². The number of carboxylic acid groups (broad SMARTS) is 1. The van der Waals surface area contributed by atoms with E-state index in [9.17, 15) is 23.5 Å². The molecule has 0 bridgehead atoms. The van der Waals surface area contributed by atoms with Gasteiger partial charge in [0.25, 0.3) is 5.91 Å². The van der Waals surface area contributed by atoms with Crippen LogP contribution in [-0.4, -0.2) is 41.6 Å². The largest absolute Gasteiger partial charge is 0.481 e. The first-order chi connectivity index (χ1) is 18.6. The summed E-state index contributed by atoms with van der Waals surface area (Å²) in [5, 5.41) is 12.3. The SMILES string of the molecule is CCC1CCCN(c2nc3ccc(Br)cc3c(C(=O)NCC(CCC(=O)O)c3c(F)ccc(F)c3Cl)c2C)C1. The number of nitrogens with zero attached hydrogens (tertiary/aromatic N) is 2. The number of nitrogens with one attached hydrogen (secondary N) is 1. The molecule has 0 radical (unpaired) electrons. The molecule has 2 N–H and O–H groups in total. The van der Waals surface area contributed by atoms with Crippen molar-refractivity contribution in [1.82, 2.24) is 10.3 Å². The number of halogens is 4. The van der Waals surface area contributed by atoms with Gasteiger partial charge in [-0.15, -0.1) is 0 Å². The normalized spacial score (nSPS) is 16.4. The Labute approximate surface area is 239 Å². The average molecular weight is 623 g/mol. The number of piperidine rings is 1. The molecule has 2 aromatic carbocycles. The van der Waals surface area contributed by atoms with E-state index in [0.29, 0.717) is 22.4 Å². The van der Waals surface area contributed by atoms with E-state index in [2.05, 4.69) is 33.1 Å². The molecular formula is C29H31BrClF2N3O3. The lowest BCUT2D eigenvalue weighted by atomic mass is 9.92. The highest BCUT2D eigenvalue weighted by molar-refractivity contribution is 9.10. The Balaban J connectivity index is 1.71. The molecule has 1 amide bonds. The van der Waals surface area contributed by atoms with E-state index < -0.39 is 34.5 Å². The third kappa shape index (κ3) is 6.52. The molecule has 39 heavy (non-hydrogen) atoms. The van der Waals surface area contributed by atoms with E-state index in [-0.39, 0.29) is 24.9 Å². The van der Waals surface area contributed by atoms with Crippen molar-refractivity contribution >= 4 is 56.1 Å². The number of hydrogen-bond acceptors (Lipinski definition) is 4. The van der Waals surface area contributed by atoms with Crippen molar-refractivity contribution in [1.29, 1.82) is 0 Å². The minimum absolute atomic E-state index is 0.0330. The minimum atomic E-state index is -1.09. The van der Waals surface area contributed by atoms with Crippen molar-refractivity contribution in [2.24, 2.45) is 5.92 Å². The predicted octanol–water partition coefficient (Wildman–Crippen LogP) is 7.24. The van der Waals surface area contributed by atoms with Crippen LogP contribution < -0.4 is 10.2 Å². The molecule has 208 valence electrons. The van der Waals surface area contributed by atoms with Crippen molar-refractivity contribution < 1.29 is 23.5 Å². The highest BCUT2D eigenvalue weighted by Gasteiger charge is 2.27. The minimum Gasteiger partial charge on any atom is -0.481 e. The van der Waals surface area contributed by atoms with Gasteiger partial charge in [0.15, 0.2) is 0 Å². The summed E-state index contributed by atoms with van der Waals surface area (Å²) in [4.78, 5) is 32.2. The first-order valence-electron chi connectivity index (χ1n) is 13.1. The molecule has 10 heteroatoms. The van der Waals surface area contributed by atoms with Gasteiger partial charge in [-0.05, 0) is 62.4 Å². The molecule has 2 unspecified atom stereocenters. The number of hydrogen-bond donors (Lipinski definition) is 2. The number of fused-ring (bicyclic) bond motifs is 1. The summed E-state index contributed by atoms with van der Waals surface area (Å²) in [6.45, 7) is 5.64. The van der Waals surface area contributed by atoms with Crippen LogP contribution in [-0.2, 0) is 4.79 Å². The molecule has 3 aromatic rings. The number of aromatic nitrogens is 1. The van der Waals surface area contributed by atoms with Crippen LogP contribution in [0.4, 0.5) is 14.6 Å². The topological polar surface area (TPSA) is 82.5 Å². The smallest absolute Gasteiger partial charge is 0.303 e. The van der Waals surface area contributed by atoms with Crippen LogP contribution in [0, 0.1) is 24.5 Å². The lowest BCUT2D eigenvalue weighted by Gasteiger charge is -2.34. The van der Waals surface area contributed by atoms with Crippen molar-refractivity contribution in [2.45, 2.75) is 51.9 Å². The van der Waals surface area contributed by atoms with E-state index in [1.54, 1.807) is 0 Å². The molecule has 4 rings (SSSR count). The average Bonchev–Trinajstić information content (AvgIpc) is 2.91. The van der Waals surface area contributed by atoms with Gasteiger partial charge in [-0.2, -0.15) is 0 Å². The van der Waals surface area contributed by atoms with Crippen molar-refractivity contribution in [3.63, 3.8) is 0 Å². The third-order valence-electron chi connectivity index (χ3n) is 7.49. The second-order valence-corrected chi connectivity index (χ2v) is 11.3. The quantitative estimate of drug-likeness (QED) is 0.246. The summed E-state index contributed by atoms with van der Waals surface area (Å²) < 4.78 is 29.7. The Bertz CT molecular complexity index is 1400. The van der Waals surface area contributed by atoms with E-state index in [1.807, 2.05) is 25.1 Å². The summed E-state index contributed by atoms with van der Waals surface area (Å²) in [7, 11) is 0. The summed E-state index contributed by atoms with van der Waals surface area (Å²) in [5.74, 6) is -2.59. The Morgan fingerprint density at radius 3 is 2.72 bits per heavy atom. The van der Waals surface area contributed by atoms with Crippen molar-refractivity contribution in [3.05, 3.63) is 68.2 Å². The summed E-state index contributed by atoms with van der Waals surface area (Å²) in [6.07, 6.45) is 2.95. The van der Waals surface area contributed by atoms with E-state index in [0.717, 1.165) is 60.3 Å². The fourth-order valence-electron chi connectivity index (χ4n) is 5.38. The zero-order valence-corrected chi connectivity index (χ0v) is 24.2. The number of anilines is 1. The van der Waals surface area contributed by atoms with Crippen LogP contribution in [0.1, 0.15) is 66.4 Å². The lowest BCUT2D eigenvalue weighted by molar-refractivity contribution is -0.137. The van der Waals surface area contributed by atoms with Gasteiger partial charge in [0, 0.05) is 53.0 Å². The van der Waals surface area contributed by atoms with Crippen LogP contribution >= 0.6 is 27.5 Å². The number of benzene rings is 2. The first kappa shape index (κ1) is 29.2. The maximum Gasteiger partial charge on any atom is 0.303 e. The highest BCUT2D eigenvalue weighted by atomic mass is 79.9. The fourth-order valence-corrected chi connectivity index (χ4v) is 6.04. The predicted molar refractivity (Wildman–Crippen MR) is 153 cm³/mol. The van der Waals surface area contributed by atoms with Crippen LogP contribution in [0.15, 0.2) is 34.8 Å². The molecule has 2 heterocycles. The Hall–Kier alpha value is -2.78. The zero-order valence-electron chi connectivity index (χ0n) is 21.9. The third-order valence-corrected chi connectivity index (χ3v) is 8.37. The molecule has 1 aliphatic heterocycles. The molecule has 0 aliphatic carbocycles. The van der Waals surface area contributed by atoms with Crippen molar-refractivity contribution in [2.75, 3.05) is 24.5 Å². The number of carbonyl (C=O) groups excluding carboxylic acids is 1. The highest BCUT2D eigenvalue weighted by Crippen LogP contribution is 2.35. The lowest BCUT2D eigenvalue weighted by Crippen LogP contribution is -2.37. The molecule has 1 fully saturated rings. The molecule has 6 nitrogen and oxygen atoms in total. The van der Waals surface area contributed by atoms with Gasteiger partial charge < -0.3 is 15.3 Å².